The van der Waals surface area contributed by atoms with Crippen molar-refractivity contribution < 1.29 is 23.9 Å². The molecule has 0 spiro atoms. The van der Waals surface area contributed by atoms with Gasteiger partial charge in [0, 0.05) is 25.8 Å². The van der Waals surface area contributed by atoms with Gasteiger partial charge in [0.15, 0.2) is 0 Å². The first kappa shape index (κ1) is 20.7. The van der Waals surface area contributed by atoms with E-state index < -0.39 is 11.7 Å². The topological polar surface area (TPSA) is 97.0 Å². The van der Waals surface area contributed by atoms with Crippen molar-refractivity contribution in [2.75, 3.05) is 32.1 Å². The molecule has 1 aliphatic heterocycles. The van der Waals surface area contributed by atoms with Crippen LogP contribution >= 0.6 is 0 Å². The second-order valence-corrected chi connectivity index (χ2v) is 7.45. The van der Waals surface area contributed by atoms with Crippen LogP contribution in [0.1, 0.15) is 31.9 Å². The Labute approximate surface area is 159 Å². The van der Waals surface area contributed by atoms with Crippen LogP contribution < -0.4 is 10.6 Å². The van der Waals surface area contributed by atoms with E-state index in [0.29, 0.717) is 19.5 Å². The van der Waals surface area contributed by atoms with E-state index in [1.165, 1.54) is 4.90 Å². The molecule has 8 nitrogen and oxygen atoms in total. The van der Waals surface area contributed by atoms with Crippen LogP contribution in [0.15, 0.2) is 18.2 Å². The fourth-order valence-electron chi connectivity index (χ4n) is 2.44. The Balaban J connectivity index is 1.63. The minimum Gasteiger partial charge on any atom is -0.444 e. The van der Waals surface area contributed by atoms with Gasteiger partial charge in [-0.05, 0) is 38.0 Å². The molecule has 3 amide bonds. The predicted octanol–water partition coefficient (Wildman–Crippen LogP) is 1.68. The maximum absolute atomic E-state index is 11.9. The van der Waals surface area contributed by atoms with Crippen LogP contribution in [0.2, 0.25) is 0 Å². The lowest BCUT2D eigenvalue weighted by Gasteiger charge is -2.24. The summed E-state index contributed by atoms with van der Waals surface area (Å²) in [5.41, 5.74) is 2.14. The van der Waals surface area contributed by atoms with Gasteiger partial charge in [0.1, 0.15) is 12.2 Å². The number of amides is 3. The predicted molar refractivity (Wildman–Crippen MR) is 100 cm³/mol. The van der Waals surface area contributed by atoms with Crippen molar-refractivity contribution in [2.45, 2.75) is 39.3 Å². The molecule has 2 N–H and O–H groups in total. The molecular weight excluding hydrogens is 350 g/mol. The zero-order chi connectivity index (χ0) is 20.0. The lowest BCUT2D eigenvalue weighted by molar-refractivity contribution is -0.126. The summed E-state index contributed by atoms with van der Waals surface area (Å²) < 4.78 is 10.5. The van der Waals surface area contributed by atoms with E-state index in [9.17, 15) is 14.4 Å². The minimum absolute atomic E-state index is 0.0177. The van der Waals surface area contributed by atoms with Crippen molar-refractivity contribution in [1.29, 1.82) is 0 Å². The second-order valence-electron chi connectivity index (χ2n) is 7.45. The van der Waals surface area contributed by atoms with Crippen LogP contribution in [0.25, 0.3) is 0 Å². The summed E-state index contributed by atoms with van der Waals surface area (Å²) in [6.07, 6.45) is -0.0640. The number of anilines is 1. The van der Waals surface area contributed by atoms with E-state index in [0.717, 1.165) is 16.8 Å². The smallest absolute Gasteiger partial charge is 0.410 e. The molecule has 0 aliphatic carbocycles. The lowest BCUT2D eigenvalue weighted by Crippen LogP contribution is -2.36. The molecule has 2 rings (SSSR count). The summed E-state index contributed by atoms with van der Waals surface area (Å²) in [5.74, 6) is -0.263. The van der Waals surface area contributed by atoms with Crippen LogP contribution in [0.3, 0.4) is 0 Å². The molecule has 1 aromatic carbocycles. The molecule has 148 valence electrons. The number of carbonyl (C=O) groups is 3. The highest BCUT2D eigenvalue weighted by Crippen LogP contribution is 2.23. The number of hydrogen-bond donors (Lipinski definition) is 2. The summed E-state index contributed by atoms with van der Waals surface area (Å²) >= 11 is 0. The Morgan fingerprint density at radius 2 is 2.04 bits per heavy atom. The van der Waals surface area contributed by atoms with Gasteiger partial charge in [0.25, 0.3) is 0 Å². The highest BCUT2D eigenvalue weighted by molar-refractivity contribution is 5.99. The summed E-state index contributed by atoms with van der Waals surface area (Å²) in [6.45, 7) is 6.23. The number of nitrogens with zero attached hydrogens (tertiary/aromatic N) is 1. The van der Waals surface area contributed by atoms with E-state index in [2.05, 4.69) is 10.6 Å². The van der Waals surface area contributed by atoms with Gasteiger partial charge >= 0.3 is 6.09 Å². The molecule has 1 heterocycles. The molecule has 0 aromatic heterocycles. The Morgan fingerprint density at radius 1 is 1.30 bits per heavy atom. The number of nitrogens with one attached hydrogen (secondary N) is 2. The molecule has 8 heteroatoms. The van der Waals surface area contributed by atoms with E-state index >= 15 is 0 Å². The fraction of sp³-hybridized carbons (Fsp3) is 0.526. The second kappa shape index (κ2) is 8.85. The van der Waals surface area contributed by atoms with Crippen LogP contribution in [-0.2, 0) is 32.0 Å². The first-order chi connectivity index (χ1) is 12.6. The first-order valence-electron chi connectivity index (χ1n) is 8.84. The molecule has 0 saturated heterocycles. The van der Waals surface area contributed by atoms with Gasteiger partial charge < -0.3 is 25.0 Å². The number of likely N-dealkylation sites (N-methyl/N-ethyl adjacent to an activating group) is 1. The SMILES string of the molecule is CN(CCOCC(=O)NCc1ccc2c(c1)CC(=O)N2)C(=O)OC(C)(C)C. The van der Waals surface area contributed by atoms with Crippen molar-refractivity contribution in [3.8, 4) is 0 Å². The first-order valence-corrected chi connectivity index (χ1v) is 8.84. The van der Waals surface area contributed by atoms with Crippen molar-refractivity contribution in [1.82, 2.24) is 10.2 Å². The largest absolute Gasteiger partial charge is 0.444 e. The molecule has 0 fully saturated rings. The van der Waals surface area contributed by atoms with Crippen LogP contribution in [0.5, 0.6) is 0 Å². The van der Waals surface area contributed by atoms with Crippen molar-refractivity contribution >= 4 is 23.6 Å². The van der Waals surface area contributed by atoms with Crippen LogP contribution in [0, 0.1) is 0 Å². The van der Waals surface area contributed by atoms with Gasteiger partial charge in [-0.3, -0.25) is 9.59 Å². The third-order valence-corrected chi connectivity index (χ3v) is 3.79. The van der Waals surface area contributed by atoms with Crippen LogP contribution in [-0.4, -0.2) is 55.2 Å². The monoisotopic (exact) mass is 377 g/mol. The van der Waals surface area contributed by atoms with E-state index in [1.807, 2.05) is 18.2 Å². The average molecular weight is 377 g/mol. The third-order valence-electron chi connectivity index (χ3n) is 3.79. The summed E-state index contributed by atoms with van der Waals surface area (Å²) in [4.78, 5) is 36.4. The van der Waals surface area contributed by atoms with Gasteiger partial charge in [0.2, 0.25) is 11.8 Å². The Hall–Kier alpha value is -2.61. The lowest BCUT2D eigenvalue weighted by atomic mass is 10.1. The van der Waals surface area contributed by atoms with Gasteiger partial charge in [0.05, 0.1) is 13.0 Å². The van der Waals surface area contributed by atoms with E-state index in [1.54, 1.807) is 27.8 Å². The number of ether oxygens (including phenoxy) is 2. The third kappa shape index (κ3) is 6.90. The molecule has 0 bridgehead atoms. The zero-order valence-corrected chi connectivity index (χ0v) is 16.3. The normalized spacial score (nSPS) is 13.0. The van der Waals surface area contributed by atoms with Gasteiger partial charge in [-0.2, -0.15) is 0 Å². The quantitative estimate of drug-likeness (QED) is 0.705. The molecular formula is C19H27N3O5. The fourth-order valence-corrected chi connectivity index (χ4v) is 2.44. The molecule has 0 saturated carbocycles. The van der Waals surface area contributed by atoms with Gasteiger partial charge in [-0.15, -0.1) is 0 Å². The highest BCUT2D eigenvalue weighted by Gasteiger charge is 2.19. The summed E-state index contributed by atoms with van der Waals surface area (Å²) in [5, 5.41) is 5.54. The summed E-state index contributed by atoms with van der Waals surface area (Å²) in [6, 6.07) is 5.61. The molecule has 27 heavy (non-hydrogen) atoms. The van der Waals surface area contributed by atoms with Gasteiger partial charge in [-0.1, -0.05) is 12.1 Å². The van der Waals surface area contributed by atoms with Crippen molar-refractivity contribution in [3.63, 3.8) is 0 Å². The standard InChI is InChI=1S/C19H27N3O5/c1-19(2,3)27-18(25)22(4)7-8-26-12-17(24)20-11-13-5-6-15-14(9-13)10-16(23)21-15/h5-6,9H,7-8,10-12H2,1-4H3,(H,20,24)(H,21,23). The Kier molecular flexibility index (Phi) is 6.79. The van der Waals surface area contributed by atoms with E-state index in [-0.39, 0.29) is 25.0 Å². The Morgan fingerprint density at radius 3 is 2.74 bits per heavy atom. The molecule has 1 aromatic rings. The zero-order valence-electron chi connectivity index (χ0n) is 16.3. The number of carbonyl (C=O) groups excluding carboxylic acids is 3. The van der Waals surface area contributed by atoms with Crippen molar-refractivity contribution in [3.05, 3.63) is 29.3 Å². The molecule has 0 atom stereocenters. The molecule has 0 unspecified atom stereocenters. The van der Waals surface area contributed by atoms with Crippen LogP contribution in [0.4, 0.5) is 10.5 Å². The highest BCUT2D eigenvalue weighted by atomic mass is 16.6. The number of hydrogen-bond acceptors (Lipinski definition) is 5. The Bertz CT molecular complexity index is 712. The maximum atomic E-state index is 11.9. The van der Waals surface area contributed by atoms with E-state index in [4.69, 9.17) is 9.47 Å². The number of fused-ring (bicyclic) bond motifs is 1. The molecule has 1 aliphatic rings. The number of rotatable bonds is 7. The maximum Gasteiger partial charge on any atom is 0.410 e. The number of benzene rings is 1. The van der Waals surface area contributed by atoms with Crippen molar-refractivity contribution in [2.24, 2.45) is 0 Å². The van der Waals surface area contributed by atoms with Gasteiger partial charge in [-0.25, -0.2) is 4.79 Å². The minimum atomic E-state index is -0.549. The summed E-state index contributed by atoms with van der Waals surface area (Å²) in [7, 11) is 1.62. The molecule has 0 radical (unpaired) electrons. The average Bonchev–Trinajstić information content (AvgIpc) is 2.94.